The topological polar surface area (TPSA) is 55.9 Å². The van der Waals surface area contributed by atoms with Gasteiger partial charge in [0.25, 0.3) is 0 Å². The van der Waals surface area contributed by atoms with Crippen LogP contribution < -0.4 is 11.1 Å². The van der Waals surface area contributed by atoms with Gasteiger partial charge >= 0.3 is 0 Å². The molecule has 1 fully saturated rings. The summed E-state index contributed by atoms with van der Waals surface area (Å²) in [6.45, 7) is 2.97. The third kappa shape index (κ3) is 1.65. The second-order valence-electron chi connectivity index (χ2n) is 4.81. The number of aromatic nitrogens is 2. The molecule has 1 aromatic heterocycles. The van der Waals surface area contributed by atoms with Gasteiger partial charge in [-0.25, -0.2) is 4.98 Å². The van der Waals surface area contributed by atoms with Crippen molar-refractivity contribution in [1.82, 2.24) is 14.9 Å². The number of nitrogens with one attached hydrogen (secondary N) is 1. The van der Waals surface area contributed by atoms with Gasteiger partial charge in [-0.1, -0.05) is 11.6 Å². The normalized spacial score (nSPS) is 29.4. The average Bonchev–Trinajstić information content (AvgIpc) is 2.86. The number of hydrogen-bond donors (Lipinski definition) is 2. The summed E-state index contributed by atoms with van der Waals surface area (Å²) in [6.07, 6.45) is 3.14. The summed E-state index contributed by atoms with van der Waals surface area (Å²) in [5, 5.41) is 4.06. The first-order valence-corrected chi connectivity index (χ1v) is 6.34. The standard InChI is InChI=1S/C11H17ClN4/c12-10-9-2-1-8(13)6-16(9)11(15-10)7-3-4-14-5-7/h7-8,14H,1-6,13H2. The molecule has 0 spiro atoms. The molecule has 3 heterocycles. The lowest BCUT2D eigenvalue weighted by molar-refractivity contribution is 0.440. The Morgan fingerprint density at radius 1 is 1.44 bits per heavy atom. The lowest BCUT2D eigenvalue weighted by Crippen LogP contribution is -2.33. The highest BCUT2D eigenvalue weighted by Gasteiger charge is 2.28. The number of hydrogen-bond acceptors (Lipinski definition) is 3. The highest BCUT2D eigenvalue weighted by Crippen LogP contribution is 2.30. The second-order valence-corrected chi connectivity index (χ2v) is 5.16. The molecule has 0 saturated carbocycles. The fraction of sp³-hybridized carbons (Fsp3) is 0.727. The Balaban J connectivity index is 1.98. The van der Waals surface area contributed by atoms with Gasteiger partial charge in [0.1, 0.15) is 5.82 Å². The first kappa shape index (κ1) is 10.6. The lowest BCUT2D eigenvalue weighted by atomic mass is 10.0. The molecule has 1 aromatic rings. The zero-order chi connectivity index (χ0) is 11.1. The van der Waals surface area contributed by atoms with Crippen LogP contribution >= 0.6 is 11.6 Å². The number of nitrogens with zero attached hydrogens (tertiary/aromatic N) is 2. The van der Waals surface area contributed by atoms with Gasteiger partial charge in [0.05, 0.1) is 5.69 Å². The van der Waals surface area contributed by atoms with E-state index in [0.29, 0.717) is 11.1 Å². The Kier molecular flexibility index (Phi) is 2.65. The van der Waals surface area contributed by atoms with E-state index in [2.05, 4.69) is 14.9 Å². The fourth-order valence-electron chi connectivity index (χ4n) is 2.75. The van der Waals surface area contributed by atoms with Crippen LogP contribution in [0.25, 0.3) is 0 Å². The van der Waals surface area contributed by atoms with E-state index in [1.807, 2.05) is 0 Å². The monoisotopic (exact) mass is 240 g/mol. The van der Waals surface area contributed by atoms with Crippen molar-refractivity contribution in [2.24, 2.45) is 5.73 Å². The van der Waals surface area contributed by atoms with Crippen molar-refractivity contribution < 1.29 is 0 Å². The van der Waals surface area contributed by atoms with E-state index in [-0.39, 0.29) is 6.04 Å². The predicted molar refractivity (Wildman–Crippen MR) is 63.8 cm³/mol. The molecule has 2 atom stereocenters. The molecule has 88 valence electrons. The van der Waals surface area contributed by atoms with Crippen molar-refractivity contribution >= 4 is 11.6 Å². The minimum absolute atomic E-state index is 0.255. The number of imidazole rings is 1. The van der Waals surface area contributed by atoms with Gasteiger partial charge in [-0.3, -0.25) is 0 Å². The second kappa shape index (κ2) is 4.02. The molecule has 16 heavy (non-hydrogen) atoms. The van der Waals surface area contributed by atoms with Gasteiger partial charge < -0.3 is 15.6 Å². The molecule has 0 amide bonds. The molecule has 0 aliphatic carbocycles. The third-order valence-corrected chi connectivity index (χ3v) is 3.95. The summed E-state index contributed by atoms with van der Waals surface area (Å²) in [4.78, 5) is 4.54. The van der Waals surface area contributed by atoms with Gasteiger partial charge in [0, 0.05) is 25.0 Å². The average molecular weight is 241 g/mol. The van der Waals surface area contributed by atoms with Crippen LogP contribution in [0, 0.1) is 0 Å². The van der Waals surface area contributed by atoms with Gasteiger partial charge in [0.2, 0.25) is 0 Å². The van der Waals surface area contributed by atoms with E-state index >= 15 is 0 Å². The molecule has 3 N–H and O–H groups in total. The molecular weight excluding hydrogens is 224 g/mol. The molecule has 4 nitrogen and oxygen atoms in total. The van der Waals surface area contributed by atoms with Gasteiger partial charge in [-0.05, 0) is 25.8 Å². The van der Waals surface area contributed by atoms with Crippen LogP contribution in [0.4, 0.5) is 0 Å². The third-order valence-electron chi connectivity index (χ3n) is 3.65. The SMILES string of the molecule is NC1CCc2c(Cl)nc(C3CCNC3)n2C1. The van der Waals surface area contributed by atoms with Crippen LogP contribution in [-0.4, -0.2) is 28.7 Å². The van der Waals surface area contributed by atoms with Gasteiger partial charge in [-0.15, -0.1) is 0 Å². The Bertz CT molecular complexity index is 395. The fourth-order valence-corrected chi connectivity index (χ4v) is 3.03. The van der Waals surface area contributed by atoms with Crippen molar-refractivity contribution in [3.8, 4) is 0 Å². The minimum atomic E-state index is 0.255. The van der Waals surface area contributed by atoms with Crippen LogP contribution in [0.5, 0.6) is 0 Å². The van der Waals surface area contributed by atoms with Crippen LogP contribution in [0.15, 0.2) is 0 Å². The number of fused-ring (bicyclic) bond motifs is 1. The summed E-state index contributed by atoms with van der Waals surface area (Å²) in [5.41, 5.74) is 7.20. The van der Waals surface area contributed by atoms with E-state index in [1.165, 1.54) is 5.69 Å². The number of halogens is 1. The van der Waals surface area contributed by atoms with E-state index in [9.17, 15) is 0 Å². The zero-order valence-electron chi connectivity index (χ0n) is 9.25. The molecular formula is C11H17ClN4. The van der Waals surface area contributed by atoms with Gasteiger partial charge in [-0.2, -0.15) is 0 Å². The molecule has 5 heteroatoms. The smallest absolute Gasteiger partial charge is 0.150 e. The van der Waals surface area contributed by atoms with Crippen molar-refractivity contribution in [3.05, 3.63) is 16.7 Å². The Labute approximate surface area is 100 Å². The first-order chi connectivity index (χ1) is 7.75. The zero-order valence-corrected chi connectivity index (χ0v) is 10.0. The summed E-state index contributed by atoms with van der Waals surface area (Å²) >= 11 is 6.20. The molecule has 0 aromatic carbocycles. The predicted octanol–water partition coefficient (Wildman–Crippen LogP) is 0.887. The van der Waals surface area contributed by atoms with E-state index in [4.69, 9.17) is 17.3 Å². The van der Waals surface area contributed by atoms with Crippen LogP contribution in [0.2, 0.25) is 5.15 Å². The van der Waals surface area contributed by atoms with Crippen LogP contribution in [0.3, 0.4) is 0 Å². The Morgan fingerprint density at radius 3 is 3.06 bits per heavy atom. The summed E-state index contributed by atoms with van der Waals surface area (Å²) in [6, 6.07) is 0.255. The van der Waals surface area contributed by atoms with Crippen LogP contribution in [-0.2, 0) is 13.0 Å². The highest BCUT2D eigenvalue weighted by atomic mass is 35.5. The molecule has 3 rings (SSSR count). The maximum Gasteiger partial charge on any atom is 0.150 e. The molecule has 0 radical (unpaired) electrons. The van der Waals surface area contributed by atoms with Gasteiger partial charge in [0.15, 0.2) is 5.15 Å². The highest BCUT2D eigenvalue weighted by molar-refractivity contribution is 6.30. The number of nitrogens with two attached hydrogens (primary N) is 1. The summed E-state index contributed by atoms with van der Waals surface area (Å²) in [5.74, 6) is 1.65. The quantitative estimate of drug-likeness (QED) is 0.767. The first-order valence-electron chi connectivity index (χ1n) is 5.97. The maximum absolute atomic E-state index is 6.20. The molecule has 2 unspecified atom stereocenters. The Morgan fingerprint density at radius 2 is 2.31 bits per heavy atom. The molecule has 2 aliphatic rings. The molecule has 2 aliphatic heterocycles. The van der Waals surface area contributed by atoms with E-state index < -0.39 is 0 Å². The molecule has 0 bridgehead atoms. The van der Waals surface area contributed by atoms with Crippen molar-refractivity contribution in [1.29, 1.82) is 0 Å². The lowest BCUT2D eigenvalue weighted by Gasteiger charge is -2.23. The van der Waals surface area contributed by atoms with Crippen molar-refractivity contribution in [3.63, 3.8) is 0 Å². The van der Waals surface area contributed by atoms with Crippen molar-refractivity contribution in [2.75, 3.05) is 13.1 Å². The van der Waals surface area contributed by atoms with Crippen LogP contribution in [0.1, 0.15) is 30.3 Å². The maximum atomic E-state index is 6.20. The molecule has 1 saturated heterocycles. The van der Waals surface area contributed by atoms with E-state index in [1.54, 1.807) is 0 Å². The Hall–Kier alpha value is -0.580. The number of rotatable bonds is 1. The summed E-state index contributed by atoms with van der Waals surface area (Å²) in [7, 11) is 0. The summed E-state index contributed by atoms with van der Waals surface area (Å²) < 4.78 is 2.26. The van der Waals surface area contributed by atoms with Crippen molar-refractivity contribution in [2.45, 2.75) is 37.8 Å². The minimum Gasteiger partial charge on any atom is -0.329 e. The van der Waals surface area contributed by atoms with E-state index in [0.717, 1.165) is 44.7 Å². The largest absolute Gasteiger partial charge is 0.329 e.